The van der Waals surface area contributed by atoms with Crippen LogP contribution in [0.15, 0.2) is 12.1 Å². The number of carbonyl (C=O) groups is 1. The predicted molar refractivity (Wildman–Crippen MR) is 69.8 cm³/mol. The van der Waals surface area contributed by atoms with E-state index in [0.29, 0.717) is 31.2 Å². The van der Waals surface area contributed by atoms with Crippen LogP contribution in [-0.2, 0) is 9.53 Å². The highest BCUT2D eigenvalue weighted by Gasteiger charge is 2.26. The van der Waals surface area contributed by atoms with E-state index in [4.69, 9.17) is 15.2 Å². The van der Waals surface area contributed by atoms with Crippen LogP contribution in [0.25, 0.3) is 0 Å². The lowest BCUT2D eigenvalue weighted by molar-refractivity contribution is -0.121. The van der Waals surface area contributed by atoms with E-state index in [0.717, 1.165) is 6.42 Å². The number of hydrogen-bond donors (Lipinski definition) is 1. The van der Waals surface area contributed by atoms with E-state index in [9.17, 15) is 9.18 Å². The highest BCUT2D eigenvalue weighted by atomic mass is 19.1. The molecule has 0 aliphatic carbocycles. The van der Waals surface area contributed by atoms with Gasteiger partial charge in [-0.3, -0.25) is 4.79 Å². The summed E-state index contributed by atoms with van der Waals surface area (Å²) in [5.41, 5.74) is 6.02. The van der Waals surface area contributed by atoms with E-state index in [2.05, 4.69) is 0 Å². The van der Waals surface area contributed by atoms with Gasteiger partial charge in [0.05, 0.1) is 18.0 Å². The van der Waals surface area contributed by atoms with Crippen LogP contribution in [0.5, 0.6) is 5.75 Å². The summed E-state index contributed by atoms with van der Waals surface area (Å²) in [6.45, 7) is 3.40. The van der Waals surface area contributed by atoms with Gasteiger partial charge < -0.3 is 20.1 Å². The average Bonchev–Trinajstić information content (AvgIpc) is 2.39. The van der Waals surface area contributed by atoms with E-state index in [1.54, 1.807) is 0 Å². The molecule has 1 aromatic carbocycles. The fourth-order valence-corrected chi connectivity index (χ4v) is 1.89. The van der Waals surface area contributed by atoms with Crippen molar-refractivity contribution >= 4 is 17.3 Å². The van der Waals surface area contributed by atoms with Crippen molar-refractivity contribution in [3.8, 4) is 5.75 Å². The van der Waals surface area contributed by atoms with Crippen LogP contribution < -0.4 is 15.4 Å². The third-order valence-electron chi connectivity index (χ3n) is 2.83. The molecule has 104 valence electrons. The summed E-state index contributed by atoms with van der Waals surface area (Å²) in [6.07, 6.45) is 0.922. The molecule has 1 heterocycles. The summed E-state index contributed by atoms with van der Waals surface area (Å²) in [5.74, 6) is -0.393. The van der Waals surface area contributed by atoms with Crippen molar-refractivity contribution in [2.45, 2.75) is 13.3 Å². The molecule has 19 heavy (non-hydrogen) atoms. The average molecular weight is 268 g/mol. The largest absolute Gasteiger partial charge is 0.481 e. The van der Waals surface area contributed by atoms with Crippen molar-refractivity contribution in [1.82, 2.24) is 0 Å². The van der Waals surface area contributed by atoms with Gasteiger partial charge in [-0.05, 0) is 12.5 Å². The zero-order valence-electron chi connectivity index (χ0n) is 10.8. The first kappa shape index (κ1) is 13.6. The standard InChI is InChI=1S/C13H17FN2O3/c1-2-4-18-5-3-16-11-7-10(15)9(14)6-12(11)19-8-13(16)17/h6-7H,2-5,8,15H2,1H3. The van der Waals surface area contributed by atoms with Crippen LogP contribution >= 0.6 is 0 Å². The van der Waals surface area contributed by atoms with Crippen LogP contribution in [0.1, 0.15) is 13.3 Å². The van der Waals surface area contributed by atoms with Gasteiger partial charge in [0.1, 0.15) is 11.6 Å². The molecule has 1 amide bonds. The smallest absolute Gasteiger partial charge is 0.265 e. The van der Waals surface area contributed by atoms with Crippen molar-refractivity contribution in [2.75, 3.05) is 37.0 Å². The number of benzene rings is 1. The minimum Gasteiger partial charge on any atom is -0.481 e. The van der Waals surface area contributed by atoms with Gasteiger partial charge in [0.2, 0.25) is 0 Å². The number of carbonyl (C=O) groups excluding carboxylic acids is 1. The lowest BCUT2D eigenvalue weighted by atomic mass is 10.2. The van der Waals surface area contributed by atoms with Gasteiger partial charge in [-0.15, -0.1) is 0 Å². The molecule has 2 rings (SSSR count). The van der Waals surface area contributed by atoms with Crippen LogP contribution in [0, 0.1) is 5.82 Å². The Morgan fingerprint density at radius 2 is 2.26 bits per heavy atom. The molecule has 5 nitrogen and oxygen atoms in total. The number of nitrogens with zero attached hydrogens (tertiary/aromatic N) is 1. The van der Waals surface area contributed by atoms with Crippen LogP contribution in [0.3, 0.4) is 0 Å². The zero-order chi connectivity index (χ0) is 13.8. The summed E-state index contributed by atoms with van der Waals surface area (Å²) in [5, 5.41) is 0. The molecule has 2 N–H and O–H groups in total. The number of hydrogen-bond acceptors (Lipinski definition) is 4. The predicted octanol–water partition coefficient (Wildman–Crippen LogP) is 1.56. The topological polar surface area (TPSA) is 64.8 Å². The second-order valence-electron chi connectivity index (χ2n) is 4.29. The number of halogens is 1. The third-order valence-corrected chi connectivity index (χ3v) is 2.83. The molecule has 1 aromatic rings. The first-order valence-electron chi connectivity index (χ1n) is 6.23. The lowest BCUT2D eigenvalue weighted by Gasteiger charge is -2.29. The molecule has 0 atom stereocenters. The fraction of sp³-hybridized carbons (Fsp3) is 0.462. The lowest BCUT2D eigenvalue weighted by Crippen LogP contribution is -2.41. The van der Waals surface area contributed by atoms with Crippen molar-refractivity contribution in [3.05, 3.63) is 17.9 Å². The van der Waals surface area contributed by atoms with Crippen molar-refractivity contribution < 1.29 is 18.7 Å². The minimum atomic E-state index is -0.546. The van der Waals surface area contributed by atoms with Crippen LogP contribution in [-0.4, -0.2) is 32.3 Å². The number of rotatable bonds is 5. The van der Waals surface area contributed by atoms with E-state index in [1.165, 1.54) is 17.0 Å². The van der Waals surface area contributed by atoms with Crippen LogP contribution in [0.4, 0.5) is 15.8 Å². The Bertz CT molecular complexity index is 479. The van der Waals surface area contributed by atoms with Crippen molar-refractivity contribution in [3.63, 3.8) is 0 Å². The summed E-state index contributed by atoms with van der Waals surface area (Å²) >= 11 is 0. The summed E-state index contributed by atoms with van der Waals surface area (Å²) in [4.78, 5) is 13.3. The molecule has 6 heteroatoms. The third kappa shape index (κ3) is 2.96. The molecule has 0 aromatic heterocycles. The van der Waals surface area contributed by atoms with E-state index >= 15 is 0 Å². The van der Waals surface area contributed by atoms with Gasteiger partial charge in [0, 0.05) is 19.2 Å². The van der Waals surface area contributed by atoms with E-state index in [-0.39, 0.29) is 18.2 Å². The van der Waals surface area contributed by atoms with Gasteiger partial charge in [-0.1, -0.05) is 6.92 Å². The summed E-state index contributed by atoms with van der Waals surface area (Å²) in [6, 6.07) is 2.62. The van der Waals surface area contributed by atoms with Crippen molar-refractivity contribution in [2.24, 2.45) is 0 Å². The zero-order valence-corrected chi connectivity index (χ0v) is 10.8. The molecular formula is C13H17FN2O3. The van der Waals surface area contributed by atoms with Crippen molar-refractivity contribution in [1.29, 1.82) is 0 Å². The molecule has 1 aliphatic rings. The normalized spacial score (nSPS) is 14.2. The van der Waals surface area contributed by atoms with Gasteiger partial charge in [-0.25, -0.2) is 4.39 Å². The highest BCUT2D eigenvalue weighted by Crippen LogP contribution is 2.35. The molecule has 0 fully saturated rings. The Kier molecular flexibility index (Phi) is 4.21. The Morgan fingerprint density at radius 1 is 1.47 bits per heavy atom. The molecule has 0 saturated heterocycles. The Hall–Kier alpha value is -1.82. The number of fused-ring (bicyclic) bond motifs is 1. The molecule has 0 radical (unpaired) electrons. The number of amides is 1. The maximum Gasteiger partial charge on any atom is 0.265 e. The monoisotopic (exact) mass is 268 g/mol. The fourth-order valence-electron chi connectivity index (χ4n) is 1.89. The maximum absolute atomic E-state index is 13.4. The van der Waals surface area contributed by atoms with E-state index in [1.807, 2.05) is 6.92 Å². The van der Waals surface area contributed by atoms with Gasteiger partial charge in [0.25, 0.3) is 5.91 Å². The molecule has 0 saturated carbocycles. The van der Waals surface area contributed by atoms with Gasteiger partial charge in [0.15, 0.2) is 6.61 Å². The second-order valence-corrected chi connectivity index (χ2v) is 4.29. The first-order chi connectivity index (χ1) is 9.13. The van der Waals surface area contributed by atoms with E-state index < -0.39 is 5.82 Å². The Balaban J connectivity index is 2.15. The number of ether oxygens (including phenoxy) is 2. The summed E-state index contributed by atoms with van der Waals surface area (Å²) < 4.78 is 23.9. The Morgan fingerprint density at radius 3 is 3.00 bits per heavy atom. The molecular weight excluding hydrogens is 251 g/mol. The molecule has 0 unspecified atom stereocenters. The second kappa shape index (κ2) is 5.88. The highest BCUT2D eigenvalue weighted by molar-refractivity contribution is 5.98. The Labute approximate surface area is 111 Å². The van der Waals surface area contributed by atoms with Gasteiger partial charge >= 0.3 is 0 Å². The first-order valence-corrected chi connectivity index (χ1v) is 6.23. The molecule has 1 aliphatic heterocycles. The number of nitrogen functional groups attached to an aromatic ring is 1. The minimum absolute atomic E-state index is 0.00322. The SMILES string of the molecule is CCCOCCN1C(=O)COc2cc(F)c(N)cc21. The quantitative estimate of drug-likeness (QED) is 0.650. The number of anilines is 2. The maximum atomic E-state index is 13.4. The van der Waals surface area contributed by atoms with Gasteiger partial charge in [-0.2, -0.15) is 0 Å². The number of nitrogens with two attached hydrogens (primary N) is 1. The molecule has 0 spiro atoms. The molecule has 0 bridgehead atoms. The summed E-state index contributed by atoms with van der Waals surface area (Å²) in [7, 11) is 0. The van der Waals surface area contributed by atoms with Crippen LogP contribution in [0.2, 0.25) is 0 Å².